The summed E-state index contributed by atoms with van der Waals surface area (Å²) in [4.78, 5) is 18.5. The molecule has 0 radical (unpaired) electrons. The summed E-state index contributed by atoms with van der Waals surface area (Å²) in [5, 5.41) is 0.474. The zero-order valence-corrected chi connectivity index (χ0v) is 13.1. The van der Waals surface area contributed by atoms with E-state index in [1.807, 2.05) is 11.0 Å². The fourth-order valence-electron chi connectivity index (χ4n) is 3.28. The van der Waals surface area contributed by atoms with Crippen molar-refractivity contribution in [3.8, 4) is 0 Å². The zero-order chi connectivity index (χ0) is 15.7. The molecule has 1 aromatic heterocycles. The predicted molar refractivity (Wildman–Crippen MR) is 79.9 cm³/mol. The van der Waals surface area contributed by atoms with Crippen LogP contribution in [-0.4, -0.2) is 28.3 Å². The molecular weight excluding hydrogens is 310 g/mol. The maximum absolute atomic E-state index is 13.2. The van der Waals surface area contributed by atoms with Crippen molar-refractivity contribution in [2.75, 3.05) is 6.54 Å². The molecule has 0 aromatic carbocycles. The van der Waals surface area contributed by atoms with Crippen LogP contribution in [0.1, 0.15) is 43.4 Å². The number of pyridine rings is 1. The Labute approximate surface area is 133 Å². The van der Waals surface area contributed by atoms with Crippen LogP contribution in [0, 0.1) is 5.92 Å². The third-order valence-corrected chi connectivity index (χ3v) is 4.88. The largest absolute Gasteiger partial charge is 0.338 e. The number of aromatic nitrogens is 1. The van der Waals surface area contributed by atoms with E-state index in [0.29, 0.717) is 43.9 Å². The number of hydrogen-bond acceptors (Lipinski definition) is 2. The first kappa shape index (κ1) is 15.7. The van der Waals surface area contributed by atoms with Crippen LogP contribution in [0.15, 0.2) is 12.1 Å². The minimum atomic E-state index is -2.53. The molecule has 1 aromatic rings. The van der Waals surface area contributed by atoms with Gasteiger partial charge in [-0.1, -0.05) is 17.7 Å². The molecule has 1 aliphatic carbocycles. The molecule has 2 heterocycles. The van der Waals surface area contributed by atoms with Crippen molar-refractivity contribution in [3.63, 3.8) is 0 Å². The quantitative estimate of drug-likeness (QED) is 0.773. The fraction of sp³-hybridized carbons (Fsp3) is 0.625. The Morgan fingerprint density at radius 3 is 2.82 bits per heavy atom. The molecule has 22 heavy (non-hydrogen) atoms. The predicted octanol–water partition coefficient (Wildman–Crippen LogP) is 3.84. The molecule has 0 N–H and O–H groups in total. The van der Waals surface area contributed by atoms with Gasteiger partial charge in [0.05, 0.1) is 0 Å². The molecule has 1 fully saturated rings. The Morgan fingerprint density at radius 1 is 1.36 bits per heavy atom. The smallest absolute Gasteiger partial charge is 0.248 e. The van der Waals surface area contributed by atoms with Gasteiger partial charge in [-0.05, 0) is 30.4 Å². The summed E-state index contributed by atoms with van der Waals surface area (Å²) >= 11 is 5.87. The summed E-state index contributed by atoms with van der Waals surface area (Å²) in [6.07, 6.45) is 1.80. The molecular formula is C16H19ClF2N2O. The number of halogens is 3. The van der Waals surface area contributed by atoms with E-state index in [2.05, 4.69) is 4.98 Å². The molecule has 0 spiro atoms. The summed E-state index contributed by atoms with van der Waals surface area (Å²) in [5.74, 6) is -2.37. The van der Waals surface area contributed by atoms with E-state index < -0.39 is 5.92 Å². The van der Waals surface area contributed by atoms with Crippen molar-refractivity contribution in [2.45, 2.75) is 51.0 Å². The number of amides is 1. The van der Waals surface area contributed by atoms with E-state index in [1.165, 1.54) is 0 Å². The van der Waals surface area contributed by atoms with Crippen LogP contribution in [0.3, 0.4) is 0 Å². The number of alkyl halides is 2. The van der Waals surface area contributed by atoms with Gasteiger partial charge in [0.15, 0.2) is 0 Å². The van der Waals surface area contributed by atoms with Crippen LogP contribution < -0.4 is 0 Å². The Bertz CT molecular complexity index is 569. The van der Waals surface area contributed by atoms with Gasteiger partial charge in [-0.15, -0.1) is 0 Å². The SMILES string of the molecule is O=C(CC1CCC(F)(F)CC1)N1CCc2nc(Cl)ccc2C1. The lowest BCUT2D eigenvalue weighted by atomic mass is 9.84. The average Bonchev–Trinajstić information content (AvgIpc) is 2.49. The molecule has 1 aliphatic heterocycles. The Hall–Kier alpha value is -1.23. The second-order valence-corrected chi connectivity index (χ2v) is 6.70. The van der Waals surface area contributed by atoms with Crippen LogP contribution in [0.5, 0.6) is 0 Å². The second-order valence-electron chi connectivity index (χ2n) is 6.31. The zero-order valence-electron chi connectivity index (χ0n) is 12.3. The van der Waals surface area contributed by atoms with E-state index >= 15 is 0 Å². The summed E-state index contributed by atoms with van der Waals surface area (Å²) in [6.45, 7) is 1.17. The number of carbonyl (C=O) groups is 1. The van der Waals surface area contributed by atoms with Crippen molar-refractivity contribution in [1.82, 2.24) is 9.88 Å². The topological polar surface area (TPSA) is 33.2 Å². The highest BCUT2D eigenvalue weighted by Crippen LogP contribution is 2.37. The number of fused-ring (bicyclic) bond motifs is 1. The van der Waals surface area contributed by atoms with Crippen molar-refractivity contribution >= 4 is 17.5 Å². The van der Waals surface area contributed by atoms with E-state index in [9.17, 15) is 13.6 Å². The van der Waals surface area contributed by atoms with Gasteiger partial charge in [-0.25, -0.2) is 13.8 Å². The van der Waals surface area contributed by atoms with Gasteiger partial charge in [-0.2, -0.15) is 0 Å². The first-order valence-electron chi connectivity index (χ1n) is 7.73. The molecule has 2 aliphatic rings. The van der Waals surface area contributed by atoms with E-state index in [0.717, 1.165) is 11.3 Å². The van der Waals surface area contributed by atoms with Crippen LogP contribution in [-0.2, 0) is 17.8 Å². The molecule has 6 heteroatoms. The van der Waals surface area contributed by atoms with Gasteiger partial charge in [0.2, 0.25) is 11.8 Å². The van der Waals surface area contributed by atoms with Crippen molar-refractivity contribution in [3.05, 3.63) is 28.5 Å². The molecule has 0 unspecified atom stereocenters. The lowest BCUT2D eigenvalue weighted by Crippen LogP contribution is -2.38. The molecule has 1 amide bonds. The number of rotatable bonds is 2. The molecule has 3 nitrogen and oxygen atoms in total. The maximum atomic E-state index is 13.2. The standard InChI is InChI=1S/C16H19ClF2N2O/c17-14-2-1-12-10-21(8-5-13(12)20-14)15(22)9-11-3-6-16(18,19)7-4-11/h1-2,11H,3-10H2. The van der Waals surface area contributed by atoms with Gasteiger partial charge >= 0.3 is 0 Å². The molecule has 0 saturated heterocycles. The third kappa shape index (κ3) is 3.57. The molecule has 1 saturated carbocycles. The highest BCUT2D eigenvalue weighted by molar-refractivity contribution is 6.29. The van der Waals surface area contributed by atoms with Gasteiger partial charge in [0.1, 0.15) is 5.15 Å². The molecule has 0 bridgehead atoms. The normalized spacial score (nSPS) is 21.5. The van der Waals surface area contributed by atoms with Gasteiger partial charge < -0.3 is 4.90 Å². The van der Waals surface area contributed by atoms with E-state index in [-0.39, 0.29) is 24.7 Å². The average molecular weight is 329 g/mol. The fourth-order valence-corrected chi connectivity index (χ4v) is 3.45. The first-order valence-corrected chi connectivity index (χ1v) is 8.11. The summed E-state index contributed by atoms with van der Waals surface area (Å²) in [5.41, 5.74) is 1.98. The monoisotopic (exact) mass is 328 g/mol. The molecule has 3 rings (SSSR count). The Kier molecular flexibility index (Phi) is 4.35. The van der Waals surface area contributed by atoms with Crippen LogP contribution >= 0.6 is 11.6 Å². The summed E-state index contributed by atoms with van der Waals surface area (Å²) < 4.78 is 26.3. The second kappa shape index (κ2) is 6.11. The summed E-state index contributed by atoms with van der Waals surface area (Å²) in [6, 6.07) is 3.64. The van der Waals surface area contributed by atoms with Crippen molar-refractivity contribution in [1.29, 1.82) is 0 Å². The third-order valence-electron chi connectivity index (χ3n) is 4.67. The Morgan fingerprint density at radius 2 is 2.09 bits per heavy atom. The summed E-state index contributed by atoms with van der Waals surface area (Å²) in [7, 11) is 0. The van der Waals surface area contributed by atoms with E-state index in [4.69, 9.17) is 11.6 Å². The van der Waals surface area contributed by atoms with Gasteiger partial charge in [0.25, 0.3) is 0 Å². The van der Waals surface area contributed by atoms with Gasteiger partial charge in [-0.3, -0.25) is 4.79 Å². The lowest BCUT2D eigenvalue weighted by molar-refractivity contribution is -0.134. The first-order chi connectivity index (χ1) is 10.4. The van der Waals surface area contributed by atoms with Crippen molar-refractivity contribution < 1.29 is 13.6 Å². The van der Waals surface area contributed by atoms with Crippen LogP contribution in [0.25, 0.3) is 0 Å². The highest BCUT2D eigenvalue weighted by Gasteiger charge is 2.36. The minimum absolute atomic E-state index is 0.0656. The van der Waals surface area contributed by atoms with Crippen molar-refractivity contribution in [2.24, 2.45) is 5.92 Å². The Balaban J connectivity index is 1.57. The van der Waals surface area contributed by atoms with Gasteiger partial charge in [0, 0.05) is 44.5 Å². The highest BCUT2D eigenvalue weighted by atomic mass is 35.5. The number of hydrogen-bond donors (Lipinski definition) is 0. The van der Waals surface area contributed by atoms with E-state index in [1.54, 1.807) is 6.07 Å². The number of carbonyl (C=O) groups excluding carboxylic acids is 1. The molecule has 120 valence electrons. The maximum Gasteiger partial charge on any atom is 0.248 e. The molecule has 0 atom stereocenters. The van der Waals surface area contributed by atoms with Crippen LogP contribution in [0.4, 0.5) is 8.78 Å². The lowest BCUT2D eigenvalue weighted by Gasteiger charge is -2.32. The number of nitrogens with zero attached hydrogens (tertiary/aromatic N) is 2. The minimum Gasteiger partial charge on any atom is -0.338 e. The van der Waals surface area contributed by atoms with Crippen LogP contribution in [0.2, 0.25) is 5.15 Å².